The van der Waals surface area contributed by atoms with Crippen LogP contribution in [0.15, 0.2) is 36.9 Å². The molecular formula is C20H24N6. The van der Waals surface area contributed by atoms with Crippen LogP contribution in [0, 0.1) is 6.92 Å². The molecule has 26 heavy (non-hydrogen) atoms. The predicted molar refractivity (Wildman–Crippen MR) is 106 cm³/mol. The van der Waals surface area contributed by atoms with Crippen LogP contribution in [0.3, 0.4) is 0 Å². The van der Waals surface area contributed by atoms with Gasteiger partial charge in [0.05, 0.1) is 5.52 Å². The molecule has 2 N–H and O–H groups in total. The van der Waals surface area contributed by atoms with Crippen LogP contribution in [0.1, 0.15) is 38.4 Å². The molecule has 0 fully saturated rings. The maximum absolute atomic E-state index is 5.82. The maximum Gasteiger partial charge on any atom is 0.163 e. The minimum absolute atomic E-state index is 0.466. The summed E-state index contributed by atoms with van der Waals surface area (Å²) < 4.78 is 1.81. The molecule has 4 aromatic heterocycles. The van der Waals surface area contributed by atoms with Gasteiger partial charge in [-0.2, -0.15) is 5.10 Å². The topological polar surface area (TPSA) is 82.0 Å². The third-order valence-corrected chi connectivity index (χ3v) is 4.21. The van der Waals surface area contributed by atoms with Gasteiger partial charge in [0.25, 0.3) is 0 Å². The van der Waals surface area contributed by atoms with E-state index in [9.17, 15) is 0 Å². The van der Waals surface area contributed by atoms with Crippen molar-refractivity contribution in [3.63, 3.8) is 0 Å². The smallest absolute Gasteiger partial charge is 0.163 e. The highest BCUT2D eigenvalue weighted by molar-refractivity contribution is 5.92. The van der Waals surface area contributed by atoms with Crippen molar-refractivity contribution in [3.8, 4) is 11.1 Å². The van der Waals surface area contributed by atoms with Crippen molar-refractivity contribution >= 4 is 22.4 Å². The molecular weight excluding hydrogens is 324 g/mol. The molecule has 0 spiro atoms. The van der Waals surface area contributed by atoms with Crippen LogP contribution in [0.25, 0.3) is 27.7 Å². The Hall–Kier alpha value is -3.02. The molecule has 0 saturated carbocycles. The van der Waals surface area contributed by atoms with Crippen molar-refractivity contribution in [2.24, 2.45) is 0 Å². The van der Waals surface area contributed by atoms with Crippen LogP contribution in [0.2, 0.25) is 0 Å². The monoisotopic (exact) mass is 348 g/mol. The molecule has 0 atom stereocenters. The molecule has 6 nitrogen and oxygen atoms in total. The fourth-order valence-electron chi connectivity index (χ4n) is 3.07. The second-order valence-electron chi connectivity index (χ2n) is 5.96. The largest absolute Gasteiger partial charge is 0.384 e. The van der Waals surface area contributed by atoms with E-state index >= 15 is 0 Å². The van der Waals surface area contributed by atoms with Crippen LogP contribution < -0.4 is 5.73 Å². The number of hydrogen-bond acceptors (Lipinski definition) is 5. The number of pyridine rings is 3. The highest BCUT2D eigenvalue weighted by Crippen LogP contribution is 2.30. The molecule has 4 aromatic rings. The van der Waals surface area contributed by atoms with Gasteiger partial charge in [-0.1, -0.05) is 27.2 Å². The SMILES string of the molecule is CC.CCCc1cc(C)c(-c2cc3cnc(N)cc3n3ncnc23)cn1. The van der Waals surface area contributed by atoms with E-state index in [1.54, 1.807) is 12.5 Å². The van der Waals surface area contributed by atoms with Crippen molar-refractivity contribution in [1.82, 2.24) is 24.6 Å². The average molecular weight is 348 g/mol. The fourth-order valence-corrected chi connectivity index (χ4v) is 3.07. The number of aromatic nitrogens is 5. The number of rotatable bonds is 3. The van der Waals surface area contributed by atoms with Gasteiger partial charge in [0.2, 0.25) is 0 Å². The number of nitrogens with two attached hydrogens (primary N) is 1. The summed E-state index contributed by atoms with van der Waals surface area (Å²) in [4.78, 5) is 13.2. The maximum atomic E-state index is 5.82. The molecule has 4 rings (SSSR count). The Balaban J connectivity index is 0.000000948. The van der Waals surface area contributed by atoms with Gasteiger partial charge in [-0.05, 0) is 31.0 Å². The summed E-state index contributed by atoms with van der Waals surface area (Å²) in [6.45, 7) is 8.27. The predicted octanol–water partition coefficient (Wildman–Crippen LogP) is 4.21. The van der Waals surface area contributed by atoms with Gasteiger partial charge in [-0.15, -0.1) is 0 Å². The number of nitrogen functional groups attached to an aromatic ring is 1. The van der Waals surface area contributed by atoms with E-state index in [-0.39, 0.29) is 0 Å². The van der Waals surface area contributed by atoms with Crippen LogP contribution in [-0.2, 0) is 6.42 Å². The first-order chi connectivity index (χ1) is 12.7. The molecule has 0 aliphatic rings. The quantitative estimate of drug-likeness (QED) is 0.600. The van der Waals surface area contributed by atoms with Crippen molar-refractivity contribution in [2.75, 3.05) is 5.73 Å². The minimum Gasteiger partial charge on any atom is -0.384 e. The molecule has 0 amide bonds. The number of hydrogen-bond donors (Lipinski definition) is 1. The van der Waals surface area contributed by atoms with Crippen LogP contribution in [0.5, 0.6) is 0 Å². The Kier molecular flexibility index (Phi) is 5.11. The van der Waals surface area contributed by atoms with Gasteiger partial charge >= 0.3 is 0 Å². The van der Waals surface area contributed by atoms with Gasteiger partial charge in [-0.25, -0.2) is 14.5 Å². The summed E-state index contributed by atoms with van der Waals surface area (Å²) in [6.07, 6.45) is 7.33. The van der Waals surface area contributed by atoms with E-state index in [1.165, 1.54) is 5.56 Å². The lowest BCUT2D eigenvalue weighted by Crippen LogP contribution is -1.99. The number of fused-ring (bicyclic) bond motifs is 3. The van der Waals surface area contributed by atoms with Crippen molar-refractivity contribution in [2.45, 2.75) is 40.5 Å². The van der Waals surface area contributed by atoms with Gasteiger partial charge < -0.3 is 5.73 Å². The standard InChI is InChI=1S/C18H18N6.C2H6/c1-3-4-13-5-11(2)15(9-20-13)14-6-12-8-21-17(19)7-16(12)24-18(14)22-10-23-24;1-2/h5-10H,3-4H2,1-2H3,(H2,19,21);1-2H3. The number of nitrogens with zero attached hydrogens (tertiary/aromatic N) is 5. The zero-order valence-electron chi connectivity index (χ0n) is 15.7. The zero-order valence-corrected chi connectivity index (χ0v) is 15.7. The van der Waals surface area contributed by atoms with E-state index in [4.69, 9.17) is 5.73 Å². The Labute approximate surface area is 153 Å². The summed E-state index contributed by atoms with van der Waals surface area (Å²) >= 11 is 0. The first-order valence-electron chi connectivity index (χ1n) is 9.01. The molecule has 0 unspecified atom stereocenters. The molecule has 0 radical (unpaired) electrons. The number of anilines is 1. The van der Waals surface area contributed by atoms with Crippen molar-refractivity contribution < 1.29 is 0 Å². The molecule has 0 saturated heterocycles. The van der Waals surface area contributed by atoms with Crippen LogP contribution in [0.4, 0.5) is 5.82 Å². The first-order valence-corrected chi connectivity index (χ1v) is 9.01. The first kappa shape index (κ1) is 17.8. The summed E-state index contributed by atoms with van der Waals surface area (Å²) in [7, 11) is 0. The van der Waals surface area contributed by atoms with E-state index in [0.717, 1.165) is 46.2 Å². The lowest BCUT2D eigenvalue weighted by molar-refractivity contribution is 0.880. The highest BCUT2D eigenvalue weighted by Gasteiger charge is 2.13. The third-order valence-electron chi connectivity index (χ3n) is 4.21. The van der Waals surface area contributed by atoms with Gasteiger partial charge in [-0.3, -0.25) is 4.98 Å². The summed E-state index contributed by atoms with van der Waals surface area (Å²) in [5.41, 5.74) is 11.9. The van der Waals surface area contributed by atoms with Gasteiger partial charge in [0, 0.05) is 40.7 Å². The summed E-state index contributed by atoms with van der Waals surface area (Å²) in [5.74, 6) is 0.466. The summed E-state index contributed by atoms with van der Waals surface area (Å²) in [5, 5.41) is 5.32. The Bertz CT molecular complexity index is 1050. The van der Waals surface area contributed by atoms with E-state index in [2.05, 4.69) is 46.0 Å². The Morgan fingerprint density at radius 1 is 1.00 bits per heavy atom. The molecule has 134 valence electrons. The van der Waals surface area contributed by atoms with Gasteiger partial charge in [0.1, 0.15) is 12.1 Å². The van der Waals surface area contributed by atoms with Gasteiger partial charge in [0.15, 0.2) is 5.65 Å². The fraction of sp³-hybridized carbons (Fsp3) is 0.300. The molecule has 0 aliphatic heterocycles. The number of aryl methyl sites for hydroxylation is 2. The van der Waals surface area contributed by atoms with E-state index in [1.807, 2.05) is 30.6 Å². The molecule has 0 aliphatic carbocycles. The highest BCUT2D eigenvalue weighted by atomic mass is 15.3. The second-order valence-corrected chi connectivity index (χ2v) is 5.96. The van der Waals surface area contributed by atoms with Crippen LogP contribution in [-0.4, -0.2) is 24.6 Å². The third kappa shape index (κ3) is 3.10. The van der Waals surface area contributed by atoms with Crippen molar-refractivity contribution in [1.29, 1.82) is 0 Å². The lowest BCUT2D eigenvalue weighted by Gasteiger charge is -2.11. The normalized spacial score (nSPS) is 10.8. The van der Waals surface area contributed by atoms with E-state index in [0.29, 0.717) is 5.82 Å². The Morgan fingerprint density at radius 3 is 2.54 bits per heavy atom. The van der Waals surface area contributed by atoms with E-state index < -0.39 is 0 Å². The van der Waals surface area contributed by atoms with Crippen LogP contribution >= 0.6 is 0 Å². The average Bonchev–Trinajstić information content (AvgIpc) is 3.14. The summed E-state index contributed by atoms with van der Waals surface area (Å²) in [6, 6.07) is 6.04. The molecule has 4 heterocycles. The Morgan fingerprint density at radius 2 is 1.81 bits per heavy atom. The lowest BCUT2D eigenvalue weighted by atomic mass is 10.0. The second kappa shape index (κ2) is 7.47. The molecule has 6 heteroatoms. The zero-order chi connectivity index (χ0) is 18.7. The molecule has 0 aromatic carbocycles. The van der Waals surface area contributed by atoms with Crippen molar-refractivity contribution in [3.05, 3.63) is 48.2 Å². The molecule has 0 bridgehead atoms. The minimum atomic E-state index is 0.466.